The Bertz CT molecular complexity index is 1030. The lowest BCUT2D eigenvalue weighted by Crippen LogP contribution is -2.30. The number of nitrogens with zero attached hydrogens (tertiary/aromatic N) is 4. The standard InChI is InChI=1S/C19H22N4O3S2/c1-4-23(5-2)28(24,25)15-10-11-18(20-12-15)27-13-17-21-19(22-26-17)16-9-7-6-8-14(16)3/h6-12H,4-5,13H2,1-3H3. The van der Waals surface area contributed by atoms with E-state index in [1.807, 2.05) is 45.0 Å². The van der Waals surface area contributed by atoms with Gasteiger partial charge < -0.3 is 4.52 Å². The van der Waals surface area contributed by atoms with Crippen LogP contribution in [-0.2, 0) is 15.8 Å². The van der Waals surface area contributed by atoms with Crippen molar-refractivity contribution in [3.05, 3.63) is 54.0 Å². The first-order chi connectivity index (χ1) is 13.5. The third kappa shape index (κ3) is 4.43. The fourth-order valence-corrected chi connectivity index (χ4v) is 4.78. The molecule has 0 amide bonds. The molecule has 0 spiro atoms. The number of thioether (sulfide) groups is 1. The van der Waals surface area contributed by atoms with E-state index in [1.54, 1.807) is 12.1 Å². The van der Waals surface area contributed by atoms with Crippen molar-refractivity contribution in [1.82, 2.24) is 19.4 Å². The highest BCUT2D eigenvalue weighted by Crippen LogP contribution is 2.25. The molecular weight excluding hydrogens is 396 g/mol. The number of sulfonamides is 1. The first kappa shape index (κ1) is 20.5. The number of aromatic nitrogens is 3. The monoisotopic (exact) mass is 418 g/mol. The summed E-state index contributed by atoms with van der Waals surface area (Å²) in [5.41, 5.74) is 2.01. The molecule has 3 rings (SSSR count). The maximum Gasteiger partial charge on any atom is 0.244 e. The smallest absolute Gasteiger partial charge is 0.244 e. The minimum atomic E-state index is -3.50. The molecule has 0 N–H and O–H groups in total. The van der Waals surface area contributed by atoms with Crippen LogP contribution in [0.15, 0.2) is 57.0 Å². The van der Waals surface area contributed by atoms with Crippen LogP contribution in [0.3, 0.4) is 0 Å². The van der Waals surface area contributed by atoms with Crippen molar-refractivity contribution in [3.8, 4) is 11.4 Å². The molecule has 7 nitrogen and oxygen atoms in total. The van der Waals surface area contributed by atoms with E-state index in [0.717, 1.165) is 11.1 Å². The topological polar surface area (TPSA) is 89.2 Å². The molecule has 0 aliphatic rings. The molecule has 0 radical (unpaired) electrons. The van der Waals surface area contributed by atoms with Gasteiger partial charge in [0, 0.05) is 24.8 Å². The zero-order chi connectivity index (χ0) is 20.1. The first-order valence-electron chi connectivity index (χ1n) is 8.93. The van der Waals surface area contributed by atoms with Crippen LogP contribution < -0.4 is 0 Å². The van der Waals surface area contributed by atoms with E-state index in [1.165, 1.54) is 22.3 Å². The van der Waals surface area contributed by atoms with E-state index in [4.69, 9.17) is 4.52 Å². The second kappa shape index (κ2) is 8.85. The Hall–Kier alpha value is -2.23. The van der Waals surface area contributed by atoms with Crippen LogP contribution in [0.25, 0.3) is 11.4 Å². The molecule has 0 saturated carbocycles. The van der Waals surface area contributed by atoms with Crippen LogP contribution in [0.2, 0.25) is 0 Å². The van der Waals surface area contributed by atoms with Gasteiger partial charge >= 0.3 is 0 Å². The van der Waals surface area contributed by atoms with Crippen LogP contribution in [0, 0.1) is 6.92 Å². The summed E-state index contributed by atoms with van der Waals surface area (Å²) in [4.78, 5) is 8.88. The molecule has 0 aliphatic carbocycles. The molecule has 0 atom stereocenters. The van der Waals surface area contributed by atoms with Crippen LogP contribution in [-0.4, -0.2) is 40.9 Å². The van der Waals surface area contributed by atoms with Gasteiger partial charge in [0.15, 0.2) is 0 Å². The fraction of sp³-hybridized carbons (Fsp3) is 0.316. The molecule has 3 aromatic rings. The van der Waals surface area contributed by atoms with Crippen LogP contribution >= 0.6 is 11.8 Å². The molecular formula is C19H22N4O3S2. The highest BCUT2D eigenvalue weighted by Gasteiger charge is 2.21. The number of hydrogen-bond donors (Lipinski definition) is 0. The van der Waals surface area contributed by atoms with Crippen LogP contribution in [0.5, 0.6) is 0 Å². The highest BCUT2D eigenvalue weighted by atomic mass is 32.2. The van der Waals surface area contributed by atoms with Gasteiger partial charge in [0.2, 0.25) is 21.7 Å². The van der Waals surface area contributed by atoms with E-state index >= 15 is 0 Å². The molecule has 0 fully saturated rings. The van der Waals surface area contributed by atoms with Crippen molar-refractivity contribution in [2.24, 2.45) is 0 Å². The molecule has 1 aromatic carbocycles. The fourth-order valence-electron chi connectivity index (χ4n) is 2.70. The van der Waals surface area contributed by atoms with Gasteiger partial charge in [-0.05, 0) is 24.6 Å². The van der Waals surface area contributed by atoms with Crippen molar-refractivity contribution in [3.63, 3.8) is 0 Å². The SMILES string of the molecule is CCN(CC)S(=O)(=O)c1ccc(SCc2nc(-c3ccccc3C)no2)nc1. The normalized spacial score (nSPS) is 11.9. The van der Waals surface area contributed by atoms with E-state index in [-0.39, 0.29) is 4.90 Å². The first-order valence-corrected chi connectivity index (χ1v) is 11.4. The van der Waals surface area contributed by atoms with Crippen molar-refractivity contribution >= 4 is 21.8 Å². The number of hydrogen-bond acceptors (Lipinski definition) is 7. The number of benzene rings is 1. The molecule has 28 heavy (non-hydrogen) atoms. The van der Waals surface area contributed by atoms with Crippen molar-refractivity contribution < 1.29 is 12.9 Å². The maximum absolute atomic E-state index is 12.5. The van der Waals surface area contributed by atoms with Gasteiger partial charge in [0.1, 0.15) is 4.90 Å². The van der Waals surface area contributed by atoms with Crippen LogP contribution in [0.4, 0.5) is 0 Å². The second-order valence-corrected chi connectivity index (χ2v) is 8.97. The van der Waals surface area contributed by atoms with E-state index in [2.05, 4.69) is 15.1 Å². The third-order valence-corrected chi connectivity index (χ3v) is 7.21. The molecule has 0 saturated heterocycles. The quantitative estimate of drug-likeness (QED) is 0.515. The average Bonchev–Trinajstić information content (AvgIpc) is 3.16. The average molecular weight is 419 g/mol. The predicted octanol–water partition coefficient (Wildman–Crippen LogP) is 3.76. The third-order valence-electron chi connectivity index (χ3n) is 4.25. The molecule has 148 valence electrons. The minimum absolute atomic E-state index is 0.195. The predicted molar refractivity (Wildman–Crippen MR) is 108 cm³/mol. The van der Waals surface area contributed by atoms with E-state index < -0.39 is 10.0 Å². The van der Waals surface area contributed by atoms with Gasteiger partial charge in [-0.25, -0.2) is 13.4 Å². The molecule has 2 heterocycles. The van der Waals surface area contributed by atoms with E-state index in [9.17, 15) is 8.42 Å². The summed E-state index contributed by atoms with van der Waals surface area (Å²) in [5, 5.41) is 4.73. The van der Waals surface area contributed by atoms with Crippen molar-refractivity contribution in [2.75, 3.05) is 13.1 Å². The van der Waals surface area contributed by atoms with Gasteiger partial charge in [-0.1, -0.05) is 55.0 Å². The molecule has 2 aromatic heterocycles. The summed E-state index contributed by atoms with van der Waals surface area (Å²) in [6.45, 7) is 6.48. The lowest BCUT2D eigenvalue weighted by Gasteiger charge is -2.18. The van der Waals surface area contributed by atoms with Gasteiger partial charge in [-0.2, -0.15) is 9.29 Å². The van der Waals surface area contributed by atoms with Gasteiger partial charge in [0.25, 0.3) is 0 Å². The Morgan fingerprint density at radius 2 is 1.86 bits per heavy atom. The summed E-state index contributed by atoms with van der Waals surface area (Å²) in [7, 11) is -3.50. The summed E-state index contributed by atoms with van der Waals surface area (Å²) < 4.78 is 31.7. The Kier molecular flexibility index (Phi) is 6.48. The summed E-state index contributed by atoms with van der Waals surface area (Å²) >= 11 is 1.41. The van der Waals surface area contributed by atoms with Gasteiger partial charge in [0.05, 0.1) is 10.8 Å². The lowest BCUT2D eigenvalue weighted by atomic mass is 10.1. The Morgan fingerprint density at radius 1 is 1.11 bits per heavy atom. The molecule has 0 bridgehead atoms. The Labute approximate surface area is 169 Å². The maximum atomic E-state index is 12.5. The minimum Gasteiger partial charge on any atom is -0.338 e. The number of aryl methyl sites for hydroxylation is 1. The summed E-state index contributed by atoms with van der Waals surface area (Å²) in [6, 6.07) is 11.1. The van der Waals surface area contributed by atoms with Gasteiger partial charge in [-0.15, -0.1) is 0 Å². The molecule has 9 heteroatoms. The van der Waals surface area contributed by atoms with Crippen LogP contribution in [0.1, 0.15) is 25.3 Å². The summed E-state index contributed by atoms with van der Waals surface area (Å²) in [6.07, 6.45) is 1.39. The zero-order valence-electron chi connectivity index (χ0n) is 16.0. The zero-order valence-corrected chi connectivity index (χ0v) is 17.6. The number of pyridine rings is 1. The van der Waals surface area contributed by atoms with Gasteiger partial charge in [-0.3, -0.25) is 0 Å². The number of rotatable bonds is 8. The highest BCUT2D eigenvalue weighted by molar-refractivity contribution is 7.98. The largest absolute Gasteiger partial charge is 0.338 e. The summed E-state index contributed by atoms with van der Waals surface area (Å²) in [5.74, 6) is 1.50. The Balaban J connectivity index is 1.67. The van der Waals surface area contributed by atoms with Crippen molar-refractivity contribution in [2.45, 2.75) is 36.4 Å². The molecule has 0 aliphatic heterocycles. The lowest BCUT2D eigenvalue weighted by molar-refractivity contribution is 0.391. The van der Waals surface area contributed by atoms with E-state index in [0.29, 0.717) is 35.6 Å². The second-order valence-electron chi connectivity index (χ2n) is 6.04. The van der Waals surface area contributed by atoms with Crippen molar-refractivity contribution in [1.29, 1.82) is 0 Å². The Morgan fingerprint density at radius 3 is 2.50 bits per heavy atom. The molecule has 0 unspecified atom stereocenters.